The fourth-order valence-electron chi connectivity index (χ4n) is 3.83. The third-order valence-electron chi connectivity index (χ3n) is 5.59. The molecular weight excluding hydrogens is 382 g/mol. The minimum absolute atomic E-state index is 0.0297. The number of aliphatic hydroxyl groups excluding tert-OH is 1. The molecule has 2 aliphatic rings. The Hall–Kier alpha value is -2.90. The van der Waals surface area contributed by atoms with Crippen molar-refractivity contribution in [2.24, 2.45) is 0 Å². The Bertz CT molecular complexity index is 892. The molecule has 30 heavy (non-hydrogen) atoms. The molecule has 2 aromatic rings. The van der Waals surface area contributed by atoms with Crippen LogP contribution in [0.3, 0.4) is 0 Å². The Kier molecular flexibility index (Phi) is 6.30. The van der Waals surface area contributed by atoms with E-state index in [2.05, 4.69) is 22.3 Å². The lowest BCUT2D eigenvalue weighted by atomic mass is 10.1. The molecule has 0 aromatic heterocycles. The second-order valence-electron chi connectivity index (χ2n) is 7.84. The number of ether oxygens (including phenoxy) is 1. The van der Waals surface area contributed by atoms with Crippen LogP contribution >= 0.6 is 0 Å². The van der Waals surface area contributed by atoms with Crippen LogP contribution in [-0.4, -0.2) is 54.2 Å². The standard InChI is InChI=1S/C23H27N3O4/c27-19-9-11-25(12-10-19)14-18-7-5-17(6-8-18)13-24-22(28)15-26-20-3-1-2-4-21(20)30-16-23(26)29/h1-8,19,27H,9-16H2,(H,24,28). The number of hydrogen-bond donors (Lipinski definition) is 2. The number of amides is 2. The first-order valence-electron chi connectivity index (χ1n) is 10.4. The van der Waals surface area contributed by atoms with Gasteiger partial charge in [0.25, 0.3) is 5.91 Å². The molecule has 0 unspecified atom stereocenters. The number of nitrogens with one attached hydrogen (secondary N) is 1. The molecule has 0 radical (unpaired) electrons. The van der Waals surface area contributed by atoms with E-state index < -0.39 is 0 Å². The highest BCUT2D eigenvalue weighted by Gasteiger charge is 2.26. The van der Waals surface area contributed by atoms with Crippen molar-refractivity contribution >= 4 is 17.5 Å². The number of carbonyl (C=O) groups excluding carboxylic acids is 2. The minimum atomic E-state index is -0.224. The van der Waals surface area contributed by atoms with E-state index in [9.17, 15) is 14.7 Å². The molecule has 0 atom stereocenters. The predicted octanol–water partition coefficient (Wildman–Crippen LogP) is 1.69. The van der Waals surface area contributed by atoms with E-state index in [-0.39, 0.29) is 31.1 Å². The van der Waals surface area contributed by atoms with E-state index in [1.165, 1.54) is 10.5 Å². The van der Waals surface area contributed by atoms with Gasteiger partial charge in [-0.3, -0.25) is 19.4 Å². The zero-order valence-electron chi connectivity index (χ0n) is 16.9. The van der Waals surface area contributed by atoms with Crippen LogP contribution in [-0.2, 0) is 22.7 Å². The van der Waals surface area contributed by atoms with Crippen LogP contribution in [0.1, 0.15) is 24.0 Å². The molecule has 0 saturated carbocycles. The number of benzene rings is 2. The number of anilines is 1. The third-order valence-corrected chi connectivity index (χ3v) is 5.59. The fraction of sp³-hybridized carbons (Fsp3) is 0.391. The minimum Gasteiger partial charge on any atom is -0.482 e. The van der Waals surface area contributed by atoms with Crippen LogP contribution in [0.25, 0.3) is 0 Å². The lowest BCUT2D eigenvalue weighted by Gasteiger charge is -2.29. The molecule has 0 aliphatic carbocycles. The van der Waals surface area contributed by atoms with E-state index in [0.29, 0.717) is 18.0 Å². The molecule has 7 nitrogen and oxygen atoms in total. The number of fused-ring (bicyclic) bond motifs is 1. The van der Waals surface area contributed by atoms with Crippen molar-refractivity contribution < 1.29 is 19.4 Å². The Labute approximate surface area is 176 Å². The smallest absolute Gasteiger partial charge is 0.265 e. The van der Waals surface area contributed by atoms with Crippen LogP contribution in [0.4, 0.5) is 5.69 Å². The van der Waals surface area contributed by atoms with Crippen LogP contribution in [0.2, 0.25) is 0 Å². The van der Waals surface area contributed by atoms with Gasteiger partial charge >= 0.3 is 0 Å². The fourth-order valence-corrected chi connectivity index (χ4v) is 3.83. The Balaban J connectivity index is 1.27. The summed E-state index contributed by atoms with van der Waals surface area (Å²) in [7, 11) is 0. The molecule has 2 N–H and O–H groups in total. The summed E-state index contributed by atoms with van der Waals surface area (Å²) in [6.45, 7) is 3.04. The van der Waals surface area contributed by atoms with Gasteiger partial charge in [0, 0.05) is 26.2 Å². The summed E-state index contributed by atoms with van der Waals surface area (Å²) in [5.41, 5.74) is 2.85. The molecular formula is C23H27N3O4. The Morgan fingerprint density at radius 3 is 2.53 bits per heavy atom. The van der Waals surface area contributed by atoms with Crippen LogP contribution in [0, 0.1) is 0 Å². The van der Waals surface area contributed by atoms with E-state index in [1.807, 2.05) is 24.3 Å². The molecule has 2 aromatic carbocycles. The number of nitrogens with zero attached hydrogens (tertiary/aromatic N) is 2. The van der Waals surface area contributed by atoms with Crippen molar-refractivity contribution in [3.8, 4) is 5.75 Å². The first kappa shape index (κ1) is 20.4. The van der Waals surface area contributed by atoms with Crippen molar-refractivity contribution in [2.75, 3.05) is 31.1 Å². The number of para-hydroxylation sites is 2. The molecule has 2 amide bonds. The van der Waals surface area contributed by atoms with Gasteiger partial charge < -0.3 is 15.2 Å². The lowest BCUT2D eigenvalue weighted by molar-refractivity contribution is -0.125. The highest BCUT2D eigenvalue weighted by molar-refractivity contribution is 6.02. The van der Waals surface area contributed by atoms with E-state index in [1.54, 1.807) is 12.1 Å². The van der Waals surface area contributed by atoms with Gasteiger partial charge in [0.15, 0.2) is 6.61 Å². The SMILES string of the molecule is O=C(CN1C(=O)COc2ccccc21)NCc1ccc(CN2CCC(O)CC2)cc1. The summed E-state index contributed by atoms with van der Waals surface area (Å²) in [4.78, 5) is 28.4. The zero-order valence-corrected chi connectivity index (χ0v) is 16.9. The Morgan fingerprint density at radius 1 is 1.07 bits per heavy atom. The first-order valence-corrected chi connectivity index (χ1v) is 10.4. The molecule has 2 aliphatic heterocycles. The van der Waals surface area contributed by atoms with Gasteiger partial charge in [-0.1, -0.05) is 36.4 Å². The maximum atomic E-state index is 12.4. The summed E-state index contributed by atoms with van der Waals surface area (Å²) in [5, 5.41) is 12.5. The molecule has 1 fully saturated rings. The number of hydrogen-bond acceptors (Lipinski definition) is 5. The summed E-state index contributed by atoms with van der Waals surface area (Å²) >= 11 is 0. The lowest BCUT2D eigenvalue weighted by Crippen LogP contribution is -2.45. The number of likely N-dealkylation sites (tertiary alicyclic amines) is 1. The zero-order chi connectivity index (χ0) is 20.9. The number of rotatable bonds is 6. The van der Waals surface area contributed by atoms with Gasteiger partial charge in [-0.05, 0) is 36.1 Å². The molecule has 0 spiro atoms. The topological polar surface area (TPSA) is 82.1 Å². The van der Waals surface area contributed by atoms with Crippen molar-refractivity contribution in [1.82, 2.24) is 10.2 Å². The third kappa shape index (κ3) is 4.98. The molecule has 1 saturated heterocycles. The normalized spacial score (nSPS) is 17.4. The van der Waals surface area contributed by atoms with Crippen LogP contribution < -0.4 is 15.0 Å². The largest absolute Gasteiger partial charge is 0.482 e. The summed E-state index contributed by atoms with van der Waals surface area (Å²) < 4.78 is 5.41. The molecule has 2 heterocycles. The molecule has 4 rings (SSSR count). The van der Waals surface area contributed by atoms with Crippen molar-refractivity contribution in [3.05, 3.63) is 59.7 Å². The average Bonchev–Trinajstić information content (AvgIpc) is 2.77. The van der Waals surface area contributed by atoms with Crippen LogP contribution in [0.5, 0.6) is 5.75 Å². The van der Waals surface area contributed by atoms with Crippen LogP contribution in [0.15, 0.2) is 48.5 Å². The molecule has 158 valence electrons. The number of carbonyl (C=O) groups is 2. The van der Waals surface area contributed by atoms with Crippen molar-refractivity contribution in [1.29, 1.82) is 0 Å². The molecule has 0 bridgehead atoms. The maximum absolute atomic E-state index is 12.4. The van der Waals surface area contributed by atoms with Gasteiger partial charge in [-0.2, -0.15) is 0 Å². The second-order valence-corrected chi connectivity index (χ2v) is 7.84. The van der Waals surface area contributed by atoms with Gasteiger partial charge in [0.05, 0.1) is 11.8 Å². The monoisotopic (exact) mass is 409 g/mol. The van der Waals surface area contributed by atoms with Gasteiger partial charge in [0.2, 0.25) is 5.91 Å². The number of piperidine rings is 1. The summed E-state index contributed by atoms with van der Waals surface area (Å²) in [5.74, 6) is 0.179. The van der Waals surface area contributed by atoms with E-state index in [4.69, 9.17) is 4.74 Å². The predicted molar refractivity (Wildman–Crippen MR) is 113 cm³/mol. The van der Waals surface area contributed by atoms with Gasteiger partial charge in [0.1, 0.15) is 12.3 Å². The summed E-state index contributed by atoms with van der Waals surface area (Å²) in [6.07, 6.45) is 1.51. The average molecular weight is 409 g/mol. The van der Waals surface area contributed by atoms with Crippen molar-refractivity contribution in [3.63, 3.8) is 0 Å². The van der Waals surface area contributed by atoms with Gasteiger partial charge in [-0.15, -0.1) is 0 Å². The highest BCUT2D eigenvalue weighted by Crippen LogP contribution is 2.31. The van der Waals surface area contributed by atoms with Crippen molar-refractivity contribution in [2.45, 2.75) is 32.0 Å². The molecule has 7 heteroatoms. The van der Waals surface area contributed by atoms with Gasteiger partial charge in [-0.25, -0.2) is 0 Å². The quantitative estimate of drug-likeness (QED) is 0.759. The highest BCUT2D eigenvalue weighted by atomic mass is 16.5. The second kappa shape index (κ2) is 9.28. The summed E-state index contributed by atoms with van der Waals surface area (Å²) in [6, 6.07) is 15.4. The van der Waals surface area contributed by atoms with E-state index in [0.717, 1.165) is 38.0 Å². The first-order chi connectivity index (χ1) is 14.6. The van der Waals surface area contributed by atoms with E-state index >= 15 is 0 Å². The number of aliphatic hydroxyl groups is 1. The Morgan fingerprint density at radius 2 is 1.77 bits per heavy atom. The maximum Gasteiger partial charge on any atom is 0.265 e.